The van der Waals surface area contributed by atoms with Gasteiger partial charge in [0.1, 0.15) is 5.75 Å². The summed E-state index contributed by atoms with van der Waals surface area (Å²) in [6, 6.07) is 16.5. The fourth-order valence-corrected chi connectivity index (χ4v) is 2.08. The third-order valence-electron chi connectivity index (χ3n) is 3.02. The van der Waals surface area contributed by atoms with Crippen molar-refractivity contribution < 1.29 is 9.53 Å². The van der Waals surface area contributed by atoms with Crippen molar-refractivity contribution in [1.29, 1.82) is 0 Å². The van der Waals surface area contributed by atoms with Crippen LogP contribution in [0.2, 0.25) is 0 Å². The highest BCUT2D eigenvalue weighted by molar-refractivity contribution is 7.80. The minimum Gasteiger partial charge on any atom is -0.484 e. The first kappa shape index (κ1) is 18.4. The van der Waals surface area contributed by atoms with E-state index in [1.807, 2.05) is 49.4 Å². The number of amides is 1. The van der Waals surface area contributed by atoms with Crippen molar-refractivity contribution in [2.45, 2.75) is 6.92 Å². The van der Waals surface area contributed by atoms with E-state index in [1.165, 1.54) is 0 Å². The van der Waals surface area contributed by atoms with Gasteiger partial charge in [0.15, 0.2) is 11.7 Å². The largest absolute Gasteiger partial charge is 0.484 e. The Bertz CT molecular complexity index is 718. The maximum atomic E-state index is 11.8. The maximum Gasteiger partial charge on any atom is 0.262 e. The van der Waals surface area contributed by atoms with E-state index in [2.05, 4.69) is 21.2 Å². The number of rotatable bonds is 7. The quantitative estimate of drug-likeness (QED) is 0.404. The van der Waals surface area contributed by atoms with Gasteiger partial charge in [-0.15, -0.1) is 0 Å². The summed E-state index contributed by atoms with van der Waals surface area (Å²) in [7, 11) is 0. The molecule has 0 saturated heterocycles. The average molecular weight is 356 g/mol. The Morgan fingerprint density at radius 3 is 2.56 bits per heavy atom. The number of thiocarbonyl (C=S) groups is 1. The van der Waals surface area contributed by atoms with E-state index in [1.54, 1.807) is 18.3 Å². The van der Waals surface area contributed by atoms with Crippen LogP contribution in [0, 0.1) is 0 Å². The molecule has 1 amide bonds. The second kappa shape index (κ2) is 10.0. The number of carbonyl (C=O) groups is 1. The number of hydrogen-bond donors (Lipinski definition) is 3. The van der Waals surface area contributed by atoms with E-state index in [0.717, 1.165) is 17.8 Å². The summed E-state index contributed by atoms with van der Waals surface area (Å²) < 4.78 is 5.47. The number of para-hydroxylation sites is 1. The molecular weight excluding hydrogens is 336 g/mol. The van der Waals surface area contributed by atoms with E-state index in [-0.39, 0.29) is 12.5 Å². The molecule has 0 aromatic heterocycles. The predicted molar refractivity (Wildman–Crippen MR) is 104 cm³/mol. The highest BCUT2D eigenvalue weighted by Crippen LogP contribution is 2.11. The van der Waals surface area contributed by atoms with Gasteiger partial charge in [-0.3, -0.25) is 10.2 Å². The summed E-state index contributed by atoms with van der Waals surface area (Å²) in [5.41, 5.74) is 4.34. The molecule has 25 heavy (non-hydrogen) atoms. The fourth-order valence-electron chi connectivity index (χ4n) is 1.88. The van der Waals surface area contributed by atoms with Crippen LogP contribution in [0.1, 0.15) is 12.5 Å². The van der Waals surface area contributed by atoms with Crippen LogP contribution in [0.5, 0.6) is 5.75 Å². The fraction of sp³-hybridized carbons (Fsp3) is 0.167. The molecule has 6 nitrogen and oxygen atoms in total. The van der Waals surface area contributed by atoms with Crippen LogP contribution >= 0.6 is 12.2 Å². The Hall–Kier alpha value is -2.93. The second-order valence-corrected chi connectivity index (χ2v) is 5.41. The van der Waals surface area contributed by atoms with E-state index in [4.69, 9.17) is 17.0 Å². The first-order chi connectivity index (χ1) is 12.2. The Labute approximate surface area is 152 Å². The van der Waals surface area contributed by atoms with Crippen LogP contribution in [0.3, 0.4) is 0 Å². The first-order valence-corrected chi connectivity index (χ1v) is 8.23. The van der Waals surface area contributed by atoms with Crippen LogP contribution in [-0.2, 0) is 4.79 Å². The van der Waals surface area contributed by atoms with Crippen molar-refractivity contribution in [2.24, 2.45) is 5.10 Å². The number of hydrazone groups is 1. The Morgan fingerprint density at radius 1 is 1.16 bits per heavy atom. The zero-order chi connectivity index (χ0) is 17.9. The monoisotopic (exact) mass is 356 g/mol. The van der Waals surface area contributed by atoms with Gasteiger partial charge in [0, 0.05) is 12.2 Å². The third kappa shape index (κ3) is 7.01. The van der Waals surface area contributed by atoms with E-state index in [9.17, 15) is 4.79 Å². The van der Waals surface area contributed by atoms with Crippen LogP contribution in [-0.4, -0.2) is 30.4 Å². The second-order valence-electron chi connectivity index (χ2n) is 5.00. The standard InChI is InChI=1S/C18H20N4O2S/c1-2-19-18(25)22-20-12-14-8-10-16(11-9-14)24-13-17(23)21-15-6-4-3-5-7-15/h3-12H,2,13H2,1H3,(H,21,23)(H2,19,22,25)/b20-12-. The lowest BCUT2D eigenvalue weighted by Gasteiger charge is -2.07. The number of nitrogens with zero attached hydrogens (tertiary/aromatic N) is 1. The van der Waals surface area contributed by atoms with Crippen molar-refractivity contribution in [3.05, 3.63) is 60.2 Å². The van der Waals surface area contributed by atoms with Crippen LogP contribution in [0.4, 0.5) is 5.69 Å². The van der Waals surface area contributed by atoms with Gasteiger partial charge in [0.05, 0.1) is 6.21 Å². The number of ether oxygens (including phenoxy) is 1. The van der Waals surface area contributed by atoms with Gasteiger partial charge in [0.25, 0.3) is 5.91 Å². The predicted octanol–water partition coefficient (Wildman–Crippen LogP) is 2.52. The summed E-state index contributed by atoms with van der Waals surface area (Å²) in [5, 5.41) is 10.2. The molecule has 0 fully saturated rings. The van der Waals surface area contributed by atoms with Gasteiger partial charge in [-0.2, -0.15) is 5.10 Å². The SMILES string of the molecule is CCNC(=S)N/N=C\c1ccc(OCC(=O)Nc2ccccc2)cc1. The molecule has 2 rings (SSSR count). The normalized spacial score (nSPS) is 10.3. The molecule has 7 heteroatoms. The molecule has 0 aliphatic heterocycles. The molecule has 0 bridgehead atoms. The molecule has 0 aliphatic rings. The van der Waals surface area contributed by atoms with Crippen LogP contribution in [0.25, 0.3) is 0 Å². The van der Waals surface area contributed by atoms with E-state index < -0.39 is 0 Å². The minimum atomic E-state index is -0.210. The summed E-state index contributed by atoms with van der Waals surface area (Å²) in [6.07, 6.45) is 1.65. The summed E-state index contributed by atoms with van der Waals surface area (Å²) in [4.78, 5) is 11.8. The molecule has 130 valence electrons. The lowest BCUT2D eigenvalue weighted by Crippen LogP contribution is -2.31. The zero-order valence-electron chi connectivity index (χ0n) is 13.9. The highest BCUT2D eigenvalue weighted by atomic mass is 32.1. The molecule has 0 heterocycles. The molecule has 0 unspecified atom stereocenters. The van der Waals surface area contributed by atoms with E-state index in [0.29, 0.717) is 10.9 Å². The van der Waals surface area contributed by atoms with Crippen LogP contribution < -0.4 is 20.8 Å². The summed E-state index contributed by atoms with van der Waals surface area (Å²) in [5.74, 6) is 0.398. The topological polar surface area (TPSA) is 74.8 Å². The maximum absolute atomic E-state index is 11.8. The van der Waals surface area contributed by atoms with Crippen LogP contribution in [0.15, 0.2) is 59.7 Å². The van der Waals surface area contributed by atoms with Gasteiger partial charge >= 0.3 is 0 Å². The van der Waals surface area contributed by atoms with Crippen molar-refractivity contribution in [3.8, 4) is 5.75 Å². The molecule has 0 spiro atoms. The van der Waals surface area contributed by atoms with Crippen molar-refractivity contribution in [2.75, 3.05) is 18.5 Å². The average Bonchev–Trinajstić information content (AvgIpc) is 2.62. The molecule has 0 atom stereocenters. The zero-order valence-corrected chi connectivity index (χ0v) is 14.7. The molecule has 2 aromatic rings. The van der Waals surface area contributed by atoms with Gasteiger partial charge in [-0.1, -0.05) is 18.2 Å². The van der Waals surface area contributed by atoms with Crippen molar-refractivity contribution in [1.82, 2.24) is 10.7 Å². The highest BCUT2D eigenvalue weighted by Gasteiger charge is 2.03. The third-order valence-corrected chi connectivity index (χ3v) is 3.26. The summed E-state index contributed by atoms with van der Waals surface area (Å²) in [6.45, 7) is 2.64. The Kier molecular flexibility index (Phi) is 7.40. The number of nitrogens with one attached hydrogen (secondary N) is 3. The number of hydrogen-bond acceptors (Lipinski definition) is 4. The van der Waals surface area contributed by atoms with Gasteiger partial charge in [-0.25, -0.2) is 0 Å². The Morgan fingerprint density at radius 2 is 1.88 bits per heavy atom. The summed E-state index contributed by atoms with van der Waals surface area (Å²) >= 11 is 5.00. The molecule has 0 aliphatic carbocycles. The van der Waals surface area contributed by atoms with Crippen molar-refractivity contribution in [3.63, 3.8) is 0 Å². The van der Waals surface area contributed by atoms with Gasteiger partial charge in [0.2, 0.25) is 0 Å². The van der Waals surface area contributed by atoms with Crippen molar-refractivity contribution >= 4 is 35.1 Å². The van der Waals surface area contributed by atoms with Gasteiger partial charge < -0.3 is 15.4 Å². The lowest BCUT2D eigenvalue weighted by molar-refractivity contribution is -0.118. The molecular formula is C18H20N4O2S. The minimum absolute atomic E-state index is 0.0547. The molecule has 0 radical (unpaired) electrons. The number of benzene rings is 2. The van der Waals surface area contributed by atoms with Gasteiger partial charge in [-0.05, 0) is 61.1 Å². The molecule has 2 aromatic carbocycles. The number of carbonyl (C=O) groups excluding carboxylic acids is 1. The lowest BCUT2D eigenvalue weighted by atomic mass is 10.2. The first-order valence-electron chi connectivity index (χ1n) is 7.82. The molecule has 3 N–H and O–H groups in total. The number of anilines is 1. The van der Waals surface area contributed by atoms with E-state index >= 15 is 0 Å². The molecule has 0 saturated carbocycles. The smallest absolute Gasteiger partial charge is 0.262 e. The Balaban J connectivity index is 1.77.